The number of quaternary nitrogens is 1. The summed E-state index contributed by atoms with van der Waals surface area (Å²) in [5.41, 5.74) is 2.21. The quantitative estimate of drug-likeness (QED) is 0.506. The highest BCUT2D eigenvalue weighted by atomic mass is 16.3. The fraction of sp³-hybridized carbons (Fsp3) is 0.160. The molecule has 0 saturated heterocycles. The summed E-state index contributed by atoms with van der Waals surface area (Å²) >= 11 is 0. The predicted molar refractivity (Wildman–Crippen MR) is 114 cm³/mol. The van der Waals surface area contributed by atoms with Crippen molar-refractivity contribution in [2.45, 2.75) is 19.0 Å². The van der Waals surface area contributed by atoms with Crippen LogP contribution in [-0.2, 0) is 4.79 Å². The largest absolute Gasteiger partial charge is 0.463 e. The number of carbonyl (C=O) groups is 1. The third-order valence-electron chi connectivity index (χ3n) is 5.20. The number of furan rings is 1. The summed E-state index contributed by atoms with van der Waals surface area (Å²) in [5, 5.41) is 7.50. The van der Waals surface area contributed by atoms with Crippen molar-refractivity contribution in [3.05, 3.63) is 108 Å². The van der Waals surface area contributed by atoms with Gasteiger partial charge in [0.05, 0.1) is 12.3 Å². The fourth-order valence-corrected chi connectivity index (χ4v) is 3.63. The molecule has 29 heavy (non-hydrogen) atoms. The summed E-state index contributed by atoms with van der Waals surface area (Å²) in [6.07, 6.45) is 1.67. The lowest BCUT2D eigenvalue weighted by Gasteiger charge is -2.17. The Morgan fingerprint density at radius 2 is 1.66 bits per heavy atom. The molecule has 0 unspecified atom stereocenters. The molecule has 0 saturated carbocycles. The van der Waals surface area contributed by atoms with Crippen molar-refractivity contribution in [3.63, 3.8) is 0 Å². The molecule has 3 aromatic carbocycles. The summed E-state index contributed by atoms with van der Waals surface area (Å²) in [5.74, 6) is 0.838. The van der Waals surface area contributed by atoms with Gasteiger partial charge in [-0.25, -0.2) is 0 Å². The van der Waals surface area contributed by atoms with E-state index in [-0.39, 0.29) is 18.0 Å². The lowest BCUT2D eigenvalue weighted by atomic mass is 10.0. The van der Waals surface area contributed by atoms with Crippen LogP contribution >= 0.6 is 0 Å². The first kappa shape index (κ1) is 19.0. The van der Waals surface area contributed by atoms with Crippen molar-refractivity contribution in [3.8, 4) is 0 Å². The number of nitrogens with one attached hydrogen (secondary N) is 1. The molecular weight excluding hydrogens is 360 g/mol. The van der Waals surface area contributed by atoms with Crippen LogP contribution in [0.15, 0.2) is 95.6 Å². The van der Waals surface area contributed by atoms with Gasteiger partial charge in [-0.3, -0.25) is 4.79 Å². The first-order chi connectivity index (χ1) is 14.2. The van der Waals surface area contributed by atoms with Crippen LogP contribution in [0.1, 0.15) is 35.9 Å². The number of amides is 1. The third-order valence-corrected chi connectivity index (χ3v) is 5.20. The molecule has 4 rings (SSSR count). The second-order valence-electron chi connectivity index (χ2n) is 7.24. The average molecular weight is 385 g/mol. The Morgan fingerprint density at radius 1 is 0.897 bits per heavy atom. The molecule has 0 aliphatic heterocycles. The van der Waals surface area contributed by atoms with Gasteiger partial charge in [0.15, 0.2) is 18.3 Å². The number of nitrogens with two attached hydrogens (primary N) is 1. The van der Waals surface area contributed by atoms with Crippen molar-refractivity contribution < 1.29 is 14.5 Å². The van der Waals surface area contributed by atoms with Crippen LogP contribution in [0, 0.1) is 0 Å². The molecule has 4 aromatic rings. The van der Waals surface area contributed by atoms with Crippen LogP contribution in [0.3, 0.4) is 0 Å². The molecule has 1 aromatic heterocycles. The number of carbonyl (C=O) groups excluding carboxylic acids is 1. The summed E-state index contributed by atoms with van der Waals surface area (Å²) in [7, 11) is 0. The third kappa shape index (κ3) is 4.55. The Kier molecular flexibility index (Phi) is 5.73. The monoisotopic (exact) mass is 385 g/mol. The van der Waals surface area contributed by atoms with Crippen molar-refractivity contribution in [1.29, 1.82) is 0 Å². The molecule has 3 N–H and O–H groups in total. The molecule has 0 aliphatic rings. The lowest BCUT2D eigenvalue weighted by Crippen LogP contribution is -2.87. The van der Waals surface area contributed by atoms with Gasteiger partial charge >= 0.3 is 0 Å². The van der Waals surface area contributed by atoms with Gasteiger partial charge in [0.1, 0.15) is 0 Å². The molecule has 1 amide bonds. The van der Waals surface area contributed by atoms with Gasteiger partial charge in [-0.2, -0.15) is 0 Å². The highest BCUT2D eigenvalue weighted by Crippen LogP contribution is 2.20. The maximum Gasteiger partial charge on any atom is 0.275 e. The molecule has 0 radical (unpaired) electrons. The number of fused-ring (bicyclic) bond motifs is 1. The summed E-state index contributed by atoms with van der Waals surface area (Å²) < 4.78 is 5.61. The van der Waals surface area contributed by atoms with E-state index in [0.29, 0.717) is 6.54 Å². The molecule has 0 spiro atoms. The number of rotatable bonds is 7. The maximum absolute atomic E-state index is 12.6. The number of hydrogen-bond acceptors (Lipinski definition) is 2. The van der Waals surface area contributed by atoms with E-state index in [1.54, 1.807) is 6.26 Å². The van der Waals surface area contributed by atoms with E-state index in [1.807, 2.05) is 54.7 Å². The van der Waals surface area contributed by atoms with Crippen LogP contribution in [0.2, 0.25) is 0 Å². The molecule has 4 heteroatoms. The summed E-state index contributed by atoms with van der Waals surface area (Å²) in [6, 6.07) is 28.4. The summed E-state index contributed by atoms with van der Waals surface area (Å²) in [4.78, 5) is 12.6. The van der Waals surface area contributed by atoms with E-state index in [2.05, 4.69) is 47.8 Å². The topological polar surface area (TPSA) is 58.9 Å². The minimum absolute atomic E-state index is 0.00172. The van der Waals surface area contributed by atoms with Gasteiger partial charge in [0.25, 0.3) is 5.91 Å². The van der Waals surface area contributed by atoms with Crippen molar-refractivity contribution in [2.24, 2.45) is 0 Å². The second kappa shape index (κ2) is 8.76. The Morgan fingerprint density at radius 3 is 2.41 bits per heavy atom. The highest BCUT2D eigenvalue weighted by Gasteiger charge is 2.22. The van der Waals surface area contributed by atoms with Crippen LogP contribution < -0.4 is 10.6 Å². The molecule has 0 fully saturated rings. The van der Waals surface area contributed by atoms with Crippen molar-refractivity contribution in [2.75, 3.05) is 6.54 Å². The Hall–Kier alpha value is -3.37. The zero-order valence-electron chi connectivity index (χ0n) is 16.4. The molecule has 4 nitrogen and oxygen atoms in total. The highest BCUT2D eigenvalue weighted by molar-refractivity contribution is 5.83. The zero-order chi connectivity index (χ0) is 20.1. The van der Waals surface area contributed by atoms with E-state index in [9.17, 15) is 4.79 Å². The fourth-order valence-electron chi connectivity index (χ4n) is 3.63. The molecule has 2 atom stereocenters. The van der Waals surface area contributed by atoms with Crippen LogP contribution in [-0.4, -0.2) is 12.5 Å². The molecule has 146 valence electrons. The van der Waals surface area contributed by atoms with E-state index in [1.165, 1.54) is 10.8 Å². The van der Waals surface area contributed by atoms with Gasteiger partial charge < -0.3 is 15.1 Å². The Labute approximate surface area is 170 Å². The second-order valence-corrected chi connectivity index (χ2v) is 7.24. The van der Waals surface area contributed by atoms with Crippen molar-refractivity contribution in [1.82, 2.24) is 5.32 Å². The van der Waals surface area contributed by atoms with Crippen LogP contribution in [0.5, 0.6) is 0 Å². The number of benzene rings is 3. The summed E-state index contributed by atoms with van der Waals surface area (Å²) in [6.45, 7) is 2.33. The Balaban J connectivity index is 1.41. The molecule has 0 aliphatic carbocycles. The first-order valence-electron chi connectivity index (χ1n) is 9.90. The minimum Gasteiger partial charge on any atom is -0.463 e. The van der Waals surface area contributed by atoms with Gasteiger partial charge in [0, 0.05) is 5.56 Å². The smallest absolute Gasteiger partial charge is 0.275 e. The van der Waals surface area contributed by atoms with Gasteiger partial charge in [-0.1, -0.05) is 66.7 Å². The first-order valence-corrected chi connectivity index (χ1v) is 9.90. The van der Waals surface area contributed by atoms with E-state index in [0.717, 1.165) is 16.9 Å². The van der Waals surface area contributed by atoms with Crippen LogP contribution in [0.25, 0.3) is 10.8 Å². The normalized spacial score (nSPS) is 13.1. The SMILES string of the molecule is C[C@H](NC(=O)C[NH2+][C@H](c1ccccc1)c1ccco1)c1ccc2ccccc2c1. The van der Waals surface area contributed by atoms with E-state index in [4.69, 9.17) is 4.42 Å². The Bertz CT molecular complexity index is 1070. The standard InChI is InChI=1S/C25H24N2O2/c1-18(21-14-13-19-8-5-6-11-22(19)16-21)27-24(28)17-26-25(23-12-7-15-29-23)20-9-3-2-4-10-20/h2-16,18,25-26H,17H2,1H3,(H,27,28)/p+1/t18-,25+/m0/s1. The maximum atomic E-state index is 12.6. The van der Waals surface area contributed by atoms with Crippen molar-refractivity contribution >= 4 is 16.7 Å². The molecular formula is C25H25N2O2+. The van der Waals surface area contributed by atoms with Gasteiger partial charge in [-0.05, 0) is 41.5 Å². The average Bonchev–Trinajstić information content (AvgIpc) is 3.29. The minimum atomic E-state index is -0.0562. The molecule has 0 bridgehead atoms. The molecule has 1 heterocycles. The van der Waals surface area contributed by atoms with E-state index < -0.39 is 0 Å². The van der Waals surface area contributed by atoms with E-state index >= 15 is 0 Å². The zero-order valence-corrected chi connectivity index (χ0v) is 16.4. The van der Waals surface area contributed by atoms with Crippen LogP contribution in [0.4, 0.5) is 0 Å². The number of hydrogen-bond donors (Lipinski definition) is 2. The van der Waals surface area contributed by atoms with Gasteiger partial charge in [-0.15, -0.1) is 0 Å². The lowest BCUT2D eigenvalue weighted by molar-refractivity contribution is -0.678. The van der Waals surface area contributed by atoms with Gasteiger partial charge in [0.2, 0.25) is 0 Å². The predicted octanol–water partition coefficient (Wildman–Crippen LogP) is 3.96.